The quantitative estimate of drug-likeness (QED) is 0.739. The van der Waals surface area contributed by atoms with Gasteiger partial charge < -0.3 is 5.32 Å². The van der Waals surface area contributed by atoms with Crippen molar-refractivity contribution in [3.63, 3.8) is 0 Å². The van der Waals surface area contributed by atoms with Crippen LogP contribution < -0.4 is 5.32 Å². The highest BCUT2D eigenvalue weighted by Gasteiger charge is 2.07. The molecule has 20 heavy (non-hydrogen) atoms. The summed E-state index contributed by atoms with van der Waals surface area (Å²) in [5.74, 6) is 0. The van der Waals surface area contributed by atoms with E-state index in [1.54, 1.807) is 0 Å². The van der Waals surface area contributed by atoms with Crippen molar-refractivity contribution in [3.05, 3.63) is 59.3 Å². The number of rotatable bonds is 3. The van der Waals surface area contributed by atoms with Gasteiger partial charge in [-0.1, -0.05) is 18.2 Å². The van der Waals surface area contributed by atoms with Crippen LogP contribution in [0.2, 0.25) is 0 Å². The molecular weight excluding hydrogens is 246 g/mol. The lowest BCUT2D eigenvalue weighted by Crippen LogP contribution is -2.06. The molecule has 0 saturated heterocycles. The van der Waals surface area contributed by atoms with Crippen LogP contribution in [0.5, 0.6) is 0 Å². The van der Waals surface area contributed by atoms with Crippen LogP contribution in [0, 0.1) is 13.8 Å². The highest BCUT2D eigenvalue weighted by atomic mass is 15.1. The summed E-state index contributed by atoms with van der Waals surface area (Å²) in [5, 5.41) is 11.7. The molecule has 0 saturated carbocycles. The average Bonchev–Trinajstić information content (AvgIpc) is 2.89. The average molecular weight is 265 g/mol. The van der Waals surface area contributed by atoms with Gasteiger partial charge in [-0.2, -0.15) is 5.10 Å². The van der Waals surface area contributed by atoms with Gasteiger partial charge in [0.2, 0.25) is 0 Å². The normalized spacial score (nSPS) is 12.6. The molecule has 0 bridgehead atoms. The lowest BCUT2D eigenvalue weighted by Gasteiger charge is -2.17. The van der Waals surface area contributed by atoms with Gasteiger partial charge in [-0.25, -0.2) is 0 Å². The summed E-state index contributed by atoms with van der Waals surface area (Å²) in [4.78, 5) is 0. The Labute approximate surface area is 119 Å². The molecule has 2 N–H and O–H groups in total. The Morgan fingerprint density at radius 3 is 2.70 bits per heavy atom. The van der Waals surface area contributed by atoms with Gasteiger partial charge in [0.15, 0.2) is 0 Å². The number of nitrogens with one attached hydrogen (secondary N) is 2. The zero-order valence-electron chi connectivity index (χ0n) is 12.1. The number of aromatic amines is 1. The fraction of sp³-hybridized carbons (Fsp3) is 0.235. The second-order valence-electron chi connectivity index (χ2n) is 5.38. The fourth-order valence-corrected chi connectivity index (χ4v) is 2.40. The largest absolute Gasteiger partial charge is 0.379 e. The van der Waals surface area contributed by atoms with Crippen molar-refractivity contribution in [1.82, 2.24) is 10.2 Å². The molecule has 0 aliphatic carbocycles. The third kappa shape index (κ3) is 2.39. The van der Waals surface area contributed by atoms with Crippen molar-refractivity contribution in [2.75, 3.05) is 5.32 Å². The molecule has 3 heteroatoms. The number of benzene rings is 2. The van der Waals surface area contributed by atoms with Crippen molar-refractivity contribution >= 4 is 16.6 Å². The van der Waals surface area contributed by atoms with Crippen LogP contribution in [0.3, 0.4) is 0 Å². The van der Waals surface area contributed by atoms with Gasteiger partial charge in [-0.05, 0) is 55.7 Å². The third-order valence-electron chi connectivity index (χ3n) is 3.85. The molecule has 3 aromatic rings. The summed E-state index contributed by atoms with van der Waals surface area (Å²) in [6, 6.07) is 13.2. The first-order valence-corrected chi connectivity index (χ1v) is 6.90. The van der Waals surface area contributed by atoms with Crippen molar-refractivity contribution in [3.8, 4) is 0 Å². The molecule has 0 amide bonds. The second kappa shape index (κ2) is 5.00. The van der Waals surface area contributed by atoms with Crippen LogP contribution in [0.25, 0.3) is 10.9 Å². The zero-order valence-corrected chi connectivity index (χ0v) is 12.1. The van der Waals surface area contributed by atoms with E-state index in [1.807, 2.05) is 6.20 Å². The highest BCUT2D eigenvalue weighted by Crippen LogP contribution is 2.23. The minimum Gasteiger partial charge on any atom is -0.379 e. The van der Waals surface area contributed by atoms with E-state index in [2.05, 4.69) is 72.7 Å². The van der Waals surface area contributed by atoms with Crippen molar-refractivity contribution in [2.24, 2.45) is 0 Å². The number of aryl methyl sites for hydroxylation is 2. The Kier molecular flexibility index (Phi) is 3.18. The first-order chi connectivity index (χ1) is 9.63. The van der Waals surface area contributed by atoms with Gasteiger partial charge in [0.05, 0.1) is 11.7 Å². The Hall–Kier alpha value is -2.29. The van der Waals surface area contributed by atoms with Crippen LogP contribution >= 0.6 is 0 Å². The molecule has 1 heterocycles. The van der Waals surface area contributed by atoms with Gasteiger partial charge in [-0.3, -0.25) is 5.10 Å². The SMILES string of the molecule is Cc1ccc(C(C)Nc2ccc3[nH]ncc3c2)cc1C. The number of fused-ring (bicyclic) bond motifs is 1. The third-order valence-corrected chi connectivity index (χ3v) is 3.85. The Balaban J connectivity index is 1.83. The van der Waals surface area contributed by atoms with E-state index in [1.165, 1.54) is 16.7 Å². The van der Waals surface area contributed by atoms with E-state index >= 15 is 0 Å². The molecule has 1 atom stereocenters. The molecule has 0 aliphatic heterocycles. The van der Waals surface area contributed by atoms with Crippen LogP contribution in [0.4, 0.5) is 5.69 Å². The van der Waals surface area contributed by atoms with Crippen molar-refractivity contribution in [1.29, 1.82) is 0 Å². The summed E-state index contributed by atoms with van der Waals surface area (Å²) >= 11 is 0. The van der Waals surface area contributed by atoms with E-state index in [0.717, 1.165) is 16.6 Å². The maximum atomic E-state index is 4.05. The van der Waals surface area contributed by atoms with Crippen LogP contribution in [0.15, 0.2) is 42.6 Å². The molecule has 3 nitrogen and oxygen atoms in total. The van der Waals surface area contributed by atoms with Crippen LogP contribution in [0.1, 0.15) is 29.7 Å². The van der Waals surface area contributed by atoms with E-state index in [0.29, 0.717) is 0 Å². The number of nitrogens with zero attached hydrogens (tertiary/aromatic N) is 1. The van der Waals surface area contributed by atoms with Crippen LogP contribution in [-0.4, -0.2) is 10.2 Å². The maximum absolute atomic E-state index is 4.05. The van der Waals surface area contributed by atoms with Crippen molar-refractivity contribution in [2.45, 2.75) is 26.8 Å². The molecule has 102 valence electrons. The molecule has 3 rings (SSSR count). The highest BCUT2D eigenvalue weighted by molar-refractivity contribution is 5.81. The Morgan fingerprint density at radius 2 is 1.90 bits per heavy atom. The standard InChI is InChI=1S/C17H19N3/c1-11-4-5-14(8-12(11)2)13(3)19-16-6-7-17-15(9-16)10-18-20-17/h4-10,13,19H,1-3H3,(H,18,20). The lowest BCUT2D eigenvalue weighted by atomic mass is 10.0. The molecule has 0 radical (unpaired) electrons. The van der Waals surface area contributed by atoms with E-state index in [-0.39, 0.29) is 6.04 Å². The molecule has 0 fully saturated rings. The van der Waals surface area contributed by atoms with Gasteiger partial charge >= 0.3 is 0 Å². The van der Waals surface area contributed by atoms with E-state index in [4.69, 9.17) is 0 Å². The Bertz CT molecular complexity index is 743. The zero-order chi connectivity index (χ0) is 14.1. The Morgan fingerprint density at radius 1 is 1.05 bits per heavy atom. The number of anilines is 1. The summed E-state index contributed by atoms with van der Waals surface area (Å²) < 4.78 is 0. The van der Waals surface area contributed by atoms with Gasteiger partial charge in [-0.15, -0.1) is 0 Å². The minimum absolute atomic E-state index is 0.277. The fourth-order valence-electron chi connectivity index (χ4n) is 2.40. The molecule has 0 spiro atoms. The number of hydrogen-bond donors (Lipinski definition) is 2. The summed E-state index contributed by atoms with van der Waals surface area (Å²) in [5.41, 5.74) is 6.15. The van der Waals surface area contributed by atoms with Crippen LogP contribution in [-0.2, 0) is 0 Å². The molecule has 1 unspecified atom stereocenters. The predicted molar refractivity (Wildman–Crippen MR) is 84.0 cm³/mol. The summed E-state index contributed by atoms with van der Waals surface area (Å²) in [6.45, 7) is 6.48. The predicted octanol–water partition coefficient (Wildman–Crippen LogP) is 4.35. The first kappa shape index (κ1) is 12.7. The second-order valence-corrected chi connectivity index (χ2v) is 5.38. The van der Waals surface area contributed by atoms with Crippen molar-refractivity contribution < 1.29 is 0 Å². The summed E-state index contributed by atoms with van der Waals surface area (Å²) in [6.07, 6.45) is 1.85. The molecule has 0 aliphatic rings. The lowest BCUT2D eigenvalue weighted by molar-refractivity contribution is 0.882. The number of hydrogen-bond acceptors (Lipinski definition) is 2. The number of aromatic nitrogens is 2. The molecule has 2 aromatic carbocycles. The summed E-state index contributed by atoms with van der Waals surface area (Å²) in [7, 11) is 0. The monoisotopic (exact) mass is 265 g/mol. The van der Waals surface area contributed by atoms with E-state index in [9.17, 15) is 0 Å². The molecule has 1 aromatic heterocycles. The smallest absolute Gasteiger partial charge is 0.0651 e. The number of H-pyrrole nitrogens is 1. The minimum atomic E-state index is 0.277. The topological polar surface area (TPSA) is 40.7 Å². The first-order valence-electron chi connectivity index (χ1n) is 6.90. The van der Waals surface area contributed by atoms with Gasteiger partial charge in [0, 0.05) is 17.1 Å². The molecular formula is C17H19N3. The maximum Gasteiger partial charge on any atom is 0.0651 e. The van der Waals surface area contributed by atoms with E-state index < -0.39 is 0 Å². The van der Waals surface area contributed by atoms with Gasteiger partial charge in [0.1, 0.15) is 0 Å². The van der Waals surface area contributed by atoms with Gasteiger partial charge in [0.25, 0.3) is 0 Å².